The number of nitrogens with two attached hydrogens (primary N) is 1. The van der Waals surface area contributed by atoms with Crippen molar-refractivity contribution in [3.63, 3.8) is 0 Å². The predicted molar refractivity (Wildman–Crippen MR) is 101 cm³/mol. The van der Waals surface area contributed by atoms with Crippen molar-refractivity contribution < 1.29 is 9.21 Å². The van der Waals surface area contributed by atoms with Crippen molar-refractivity contribution in [1.29, 1.82) is 0 Å². The molecule has 27 heavy (non-hydrogen) atoms. The summed E-state index contributed by atoms with van der Waals surface area (Å²) in [5.74, 6) is 0.120. The average Bonchev–Trinajstić information content (AvgIpc) is 3.16. The van der Waals surface area contributed by atoms with Gasteiger partial charge in [-0.3, -0.25) is 18.7 Å². The van der Waals surface area contributed by atoms with Gasteiger partial charge in [-0.05, 0) is 24.1 Å². The predicted octanol–water partition coefficient (Wildman–Crippen LogP) is 0.690. The molecule has 3 heterocycles. The molecule has 0 radical (unpaired) electrons. The Morgan fingerprint density at radius 2 is 2.04 bits per heavy atom. The third-order valence-electron chi connectivity index (χ3n) is 4.45. The zero-order valence-electron chi connectivity index (χ0n) is 15.4. The van der Waals surface area contributed by atoms with Crippen molar-refractivity contribution in [3.8, 4) is 0 Å². The van der Waals surface area contributed by atoms with Gasteiger partial charge in [0.2, 0.25) is 0 Å². The number of carbonyl (C=O) groups is 1. The maximum Gasteiger partial charge on any atom is 0.332 e. The molecule has 3 aromatic heterocycles. The fourth-order valence-electron chi connectivity index (χ4n) is 3.10. The lowest BCUT2D eigenvalue weighted by atomic mass is 10.00. The number of nitrogens with one attached hydrogen (secondary N) is 1. The van der Waals surface area contributed by atoms with Gasteiger partial charge in [0, 0.05) is 14.1 Å². The zero-order valence-corrected chi connectivity index (χ0v) is 15.4. The Kier molecular flexibility index (Phi) is 4.85. The monoisotopic (exact) mass is 371 g/mol. The number of rotatable bonds is 5. The number of nitrogen functional groups attached to an aromatic ring is 1. The molecule has 3 rings (SSSR count). The SMILES string of the molecule is CCCc1c(C(=O)NCc2ccco2)c(N)nc2c1c(=O)n(C)c(=O)n2C. The Hall–Kier alpha value is -3.36. The molecule has 9 heteroatoms. The van der Waals surface area contributed by atoms with Crippen LogP contribution in [0.4, 0.5) is 5.82 Å². The number of nitrogens with zero attached hydrogens (tertiary/aromatic N) is 3. The molecule has 142 valence electrons. The first-order valence-corrected chi connectivity index (χ1v) is 8.55. The molecule has 3 aromatic rings. The summed E-state index contributed by atoms with van der Waals surface area (Å²) < 4.78 is 7.47. The molecular formula is C18H21N5O4. The number of furan rings is 1. The van der Waals surface area contributed by atoms with Crippen LogP contribution in [0.25, 0.3) is 11.0 Å². The van der Waals surface area contributed by atoms with Crippen LogP contribution in [-0.4, -0.2) is 20.0 Å². The second-order valence-electron chi connectivity index (χ2n) is 6.27. The van der Waals surface area contributed by atoms with E-state index in [9.17, 15) is 14.4 Å². The topological polar surface area (TPSA) is 125 Å². The molecule has 0 aliphatic rings. The van der Waals surface area contributed by atoms with Crippen LogP contribution in [0.5, 0.6) is 0 Å². The Morgan fingerprint density at radius 3 is 2.67 bits per heavy atom. The van der Waals surface area contributed by atoms with E-state index < -0.39 is 17.2 Å². The number of hydrogen-bond acceptors (Lipinski definition) is 6. The highest BCUT2D eigenvalue weighted by Gasteiger charge is 2.23. The molecule has 0 spiro atoms. The van der Waals surface area contributed by atoms with Crippen molar-refractivity contribution in [2.75, 3.05) is 5.73 Å². The van der Waals surface area contributed by atoms with Crippen LogP contribution < -0.4 is 22.3 Å². The standard InChI is InChI=1S/C18H21N5O4/c1-4-6-11-12(16(24)20-9-10-7-5-8-27-10)14(19)21-15-13(11)17(25)23(3)18(26)22(15)2/h5,7-8H,4,6,9H2,1-3H3,(H2,19,21)(H,20,24). The number of carbonyl (C=O) groups excluding carboxylic acids is 1. The van der Waals surface area contributed by atoms with E-state index in [1.165, 1.54) is 24.9 Å². The van der Waals surface area contributed by atoms with E-state index in [1.54, 1.807) is 12.1 Å². The highest BCUT2D eigenvalue weighted by Crippen LogP contribution is 2.23. The fraction of sp³-hybridized carbons (Fsp3) is 0.333. The lowest BCUT2D eigenvalue weighted by molar-refractivity contribution is 0.0948. The number of aromatic nitrogens is 3. The fourth-order valence-corrected chi connectivity index (χ4v) is 3.10. The highest BCUT2D eigenvalue weighted by atomic mass is 16.3. The molecule has 0 aliphatic carbocycles. The van der Waals surface area contributed by atoms with Gasteiger partial charge in [0.15, 0.2) is 5.65 Å². The minimum atomic E-state index is -0.503. The molecule has 9 nitrogen and oxygen atoms in total. The number of anilines is 1. The van der Waals surface area contributed by atoms with Crippen LogP contribution in [0, 0.1) is 0 Å². The van der Waals surface area contributed by atoms with Gasteiger partial charge in [-0.1, -0.05) is 13.3 Å². The summed E-state index contributed by atoms with van der Waals surface area (Å²) in [5.41, 5.74) is 5.88. The summed E-state index contributed by atoms with van der Waals surface area (Å²) in [6, 6.07) is 3.46. The second kappa shape index (κ2) is 7.10. The first-order chi connectivity index (χ1) is 12.9. The molecule has 1 amide bonds. The molecule has 0 saturated heterocycles. The van der Waals surface area contributed by atoms with Gasteiger partial charge in [0.25, 0.3) is 11.5 Å². The van der Waals surface area contributed by atoms with Crippen LogP contribution in [0.1, 0.15) is 35.0 Å². The molecule has 0 bridgehead atoms. The molecule has 0 aliphatic heterocycles. The van der Waals surface area contributed by atoms with E-state index in [0.29, 0.717) is 24.2 Å². The van der Waals surface area contributed by atoms with Gasteiger partial charge < -0.3 is 15.5 Å². The minimum absolute atomic E-state index is 0.0221. The number of hydrogen-bond donors (Lipinski definition) is 2. The normalized spacial score (nSPS) is 11.1. The Bertz CT molecular complexity index is 1130. The first kappa shape index (κ1) is 18.4. The third-order valence-corrected chi connectivity index (χ3v) is 4.45. The van der Waals surface area contributed by atoms with Crippen LogP contribution in [0.3, 0.4) is 0 Å². The maximum atomic E-state index is 12.8. The van der Waals surface area contributed by atoms with Crippen molar-refractivity contribution in [1.82, 2.24) is 19.4 Å². The summed E-state index contributed by atoms with van der Waals surface area (Å²) in [6.07, 6.45) is 2.64. The molecule has 0 atom stereocenters. The largest absolute Gasteiger partial charge is 0.467 e. The van der Waals surface area contributed by atoms with Gasteiger partial charge in [-0.15, -0.1) is 0 Å². The Labute approximate surface area is 154 Å². The van der Waals surface area contributed by atoms with E-state index >= 15 is 0 Å². The van der Waals surface area contributed by atoms with E-state index in [4.69, 9.17) is 10.2 Å². The van der Waals surface area contributed by atoms with Gasteiger partial charge in [0.1, 0.15) is 11.6 Å². The van der Waals surface area contributed by atoms with Gasteiger partial charge in [-0.2, -0.15) is 0 Å². The smallest absolute Gasteiger partial charge is 0.332 e. The van der Waals surface area contributed by atoms with E-state index in [0.717, 1.165) is 4.57 Å². The van der Waals surface area contributed by atoms with Crippen LogP contribution in [0.15, 0.2) is 32.4 Å². The second-order valence-corrected chi connectivity index (χ2v) is 6.27. The number of amides is 1. The lowest BCUT2D eigenvalue weighted by Crippen LogP contribution is -2.38. The number of fused-ring (bicyclic) bond motifs is 1. The average molecular weight is 371 g/mol. The van der Waals surface area contributed by atoms with Crippen molar-refractivity contribution in [2.45, 2.75) is 26.3 Å². The minimum Gasteiger partial charge on any atom is -0.467 e. The first-order valence-electron chi connectivity index (χ1n) is 8.55. The van der Waals surface area contributed by atoms with Gasteiger partial charge in [-0.25, -0.2) is 9.78 Å². The van der Waals surface area contributed by atoms with E-state index in [1.807, 2.05) is 6.92 Å². The summed E-state index contributed by atoms with van der Waals surface area (Å²) in [4.78, 5) is 41.9. The quantitative estimate of drug-likeness (QED) is 0.680. The van der Waals surface area contributed by atoms with E-state index in [-0.39, 0.29) is 29.0 Å². The number of pyridine rings is 1. The van der Waals surface area contributed by atoms with Crippen molar-refractivity contribution >= 4 is 22.8 Å². The lowest BCUT2D eigenvalue weighted by Gasteiger charge is -2.16. The Morgan fingerprint density at radius 1 is 1.30 bits per heavy atom. The molecular weight excluding hydrogens is 350 g/mol. The molecule has 0 saturated carbocycles. The van der Waals surface area contributed by atoms with Gasteiger partial charge in [0.05, 0.1) is 23.8 Å². The van der Waals surface area contributed by atoms with E-state index in [2.05, 4.69) is 10.3 Å². The highest BCUT2D eigenvalue weighted by molar-refractivity contribution is 6.03. The summed E-state index contributed by atoms with van der Waals surface area (Å²) in [5, 5.41) is 2.97. The number of aryl methyl sites for hydroxylation is 2. The third kappa shape index (κ3) is 3.12. The molecule has 3 N–H and O–H groups in total. The van der Waals surface area contributed by atoms with Crippen molar-refractivity contribution in [2.24, 2.45) is 14.1 Å². The van der Waals surface area contributed by atoms with Crippen LogP contribution in [0.2, 0.25) is 0 Å². The van der Waals surface area contributed by atoms with Crippen molar-refractivity contribution in [3.05, 3.63) is 56.1 Å². The molecule has 0 unspecified atom stereocenters. The maximum absolute atomic E-state index is 12.8. The zero-order chi connectivity index (χ0) is 19.7. The molecule has 0 fully saturated rings. The summed E-state index contributed by atoms with van der Waals surface area (Å²) in [6.45, 7) is 2.11. The molecule has 0 aromatic carbocycles. The van der Waals surface area contributed by atoms with Crippen LogP contribution >= 0.6 is 0 Å². The Balaban J connectivity index is 2.21. The summed E-state index contributed by atoms with van der Waals surface area (Å²) in [7, 11) is 2.91. The summed E-state index contributed by atoms with van der Waals surface area (Å²) >= 11 is 0. The van der Waals surface area contributed by atoms with Gasteiger partial charge >= 0.3 is 5.69 Å². The van der Waals surface area contributed by atoms with Crippen LogP contribution in [-0.2, 0) is 27.1 Å².